The fourth-order valence-corrected chi connectivity index (χ4v) is 1.70. The van der Waals surface area contributed by atoms with Crippen LogP contribution in [0.2, 0.25) is 0 Å². The van der Waals surface area contributed by atoms with E-state index < -0.39 is 0 Å². The highest BCUT2D eigenvalue weighted by Gasteiger charge is 2.41. The highest BCUT2D eigenvalue weighted by molar-refractivity contribution is 5.06. The Morgan fingerprint density at radius 2 is 2.36 bits per heavy atom. The van der Waals surface area contributed by atoms with Crippen LogP contribution in [0.5, 0.6) is 0 Å². The summed E-state index contributed by atoms with van der Waals surface area (Å²) >= 11 is 0. The number of aromatic nitrogens is 1. The van der Waals surface area contributed by atoms with Gasteiger partial charge in [0.05, 0.1) is 0 Å². The molecule has 1 saturated carbocycles. The Morgan fingerprint density at radius 1 is 1.57 bits per heavy atom. The Hall–Kier alpha value is -0.800. The number of hydrogen-bond acceptors (Lipinski definition) is 2. The van der Waals surface area contributed by atoms with E-state index >= 15 is 0 Å². The van der Waals surface area contributed by atoms with E-state index in [1.165, 1.54) is 18.5 Å². The van der Waals surface area contributed by atoms with Gasteiger partial charge in [-0.25, -0.2) is 0 Å². The summed E-state index contributed by atoms with van der Waals surface area (Å²) in [5.41, 5.74) is 1.50. The third-order valence-electron chi connectivity index (χ3n) is 3.15. The van der Waals surface area contributed by atoms with Gasteiger partial charge in [-0.1, -0.05) is 0 Å². The third kappa shape index (κ3) is 1.99. The molecule has 0 saturated heterocycles. The van der Waals surface area contributed by atoms with Crippen LogP contribution in [0, 0.1) is 5.41 Å². The van der Waals surface area contributed by atoms with Crippen molar-refractivity contribution in [3.8, 4) is 0 Å². The first-order valence-corrected chi connectivity index (χ1v) is 5.18. The van der Waals surface area contributed by atoms with Crippen molar-refractivity contribution in [1.29, 1.82) is 0 Å². The SMILES string of the molecule is Cn1cccc1CNCC1(CO)CC1. The molecule has 1 fully saturated rings. The zero-order chi connectivity index (χ0) is 10.0. The molecule has 0 unspecified atom stereocenters. The maximum Gasteiger partial charge on any atom is 0.0499 e. The van der Waals surface area contributed by atoms with Crippen molar-refractivity contribution in [2.75, 3.05) is 13.2 Å². The average molecular weight is 194 g/mol. The molecular formula is C11H18N2O. The van der Waals surface area contributed by atoms with Crippen LogP contribution in [0.25, 0.3) is 0 Å². The molecule has 0 spiro atoms. The lowest BCUT2D eigenvalue weighted by Crippen LogP contribution is -2.26. The number of nitrogens with one attached hydrogen (secondary N) is 1. The van der Waals surface area contributed by atoms with Gasteiger partial charge in [0.1, 0.15) is 0 Å². The van der Waals surface area contributed by atoms with Crippen molar-refractivity contribution < 1.29 is 5.11 Å². The van der Waals surface area contributed by atoms with Gasteiger partial charge in [0.2, 0.25) is 0 Å². The van der Waals surface area contributed by atoms with E-state index in [4.69, 9.17) is 5.11 Å². The standard InChI is InChI=1S/C11H18N2O/c1-13-6-2-3-10(13)7-12-8-11(9-14)4-5-11/h2-3,6,12,14H,4-5,7-9H2,1H3. The Labute approximate surface area is 84.7 Å². The molecule has 3 nitrogen and oxygen atoms in total. The first-order chi connectivity index (χ1) is 6.76. The molecule has 0 radical (unpaired) electrons. The van der Waals surface area contributed by atoms with Gasteiger partial charge in [-0.3, -0.25) is 0 Å². The third-order valence-corrected chi connectivity index (χ3v) is 3.15. The van der Waals surface area contributed by atoms with Crippen LogP contribution in [0.3, 0.4) is 0 Å². The Kier molecular flexibility index (Phi) is 2.61. The smallest absolute Gasteiger partial charge is 0.0499 e. The van der Waals surface area contributed by atoms with Crippen molar-refractivity contribution >= 4 is 0 Å². The van der Waals surface area contributed by atoms with Gasteiger partial charge in [-0.2, -0.15) is 0 Å². The number of rotatable bonds is 5. The summed E-state index contributed by atoms with van der Waals surface area (Å²) in [6.45, 7) is 2.16. The van der Waals surface area contributed by atoms with Crippen molar-refractivity contribution in [2.24, 2.45) is 12.5 Å². The average Bonchev–Trinajstić information content (AvgIpc) is 2.86. The maximum absolute atomic E-state index is 9.12. The minimum absolute atomic E-state index is 0.213. The predicted molar refractivity (Wildman–Crippen MR) is 55.9 cm³/mol. The quantitative estimate of drug-likeness (QED) is 0.730. The number of aliphatic hydroxyl groups excluding tert-OH is 1. The molecule has 14 heavy (non-hydrogen) atoms. The summed E-state index contributed by atoms with van der Waals surface area (Å²) in [6, 6.07) is 4.17. The van der Waals surface area contributed by atoms with E-state index in [0.717, 1.165) is 13.1 Å². The number of aryl methyl sites for hydroxylation is 1. The second-order valence-corrected chi connectivity index (χ2v) is 4.37. The summed E-state index contributed by atoms with van der Waals surface area (Å²) in [7, 11) is 2.05. The highest BCUT2D eigenvalue weighted by Crippen LogP contribution is 2.44. The van der Waals surface area contributed by atoms with Crippen LogP contribution < -0.4 is 5.32 Å². The van der Waals surface area contributed by atoms with Crippen molar-refractivity contribution in [3.63, 3.8) is 0 Å². The zero-order valence-corrected chi connectivity index (χ0v) is 8.66. The Balaban J connectivity index is 1.76. The molecule has 1 aromatic heterocycles. The highest BCUT2D eigenvalue weighted by atomic mass is 16.3. The van der Waals surface area contributed by atoms with E-state index in [2.05, 4.69) is 35.3 Å². The summed E-state index contributed by atoms with van der Waals surface area (Å²) in [5, 5.41) is 12.5. The van der Waals surface area contributed by atoms with Crippen LogP contribution in [0.1, 0.15) is 18.5 Å². The predicted octanol–water partition coefficient (Wildman–Crippen LogP) is 0.887. The van der Waals surface area contributed by atoms with Crippen LogP contribution in [0.4, 0.5) is 0 Å². The van der Waals surface area contributed by atoms with Crippen LogP contribution in [-0.2, 0) is 13.6 Å². The molecular weight excluding hydrogens is 176 g/mol. The largest absolute Gasteiger partial charge is 0.396 e. The van der Waals surface area contributed by atoms with Gasteiger partial charge in [0.15, 0.2) is 0 Å². The molecule has 0 bridgehead atoms. The van der Waals surface area contributed by atoms with E-state index in [-0.39, 0.29) is 5.41 Å². The van der Waals surface area contributed by atoms with Gasteiger partial charge in [0.25, 0.3) is 0 Å². The number of nitrogens with zero attached hydrogens (tertiary/aromatic N) is 1. The van der Waals surface area contributed by atoms with E-state index in [1.807, 2.05) is 0 Å². The van der Waals surface area contributed by atoms with Crippen LogP contribution in [0.15, 0.2) is 18.3 Å². The molecule has 2 N–H and O–H groups in total. The van der Waals surface area contributed by atoms with Gasteiger partial charge in [-0.05, 0) is 25.0 Å². The molecule has 0 atom stereocenters. The van der Waals surface area contributed by atoms with E-state index in [1.54, 1.807) is 0 Å². The molecule has 0 aromatic carbocycles. The van der Waals surface area contributed by atoms with Crippen molar-refractivity contribution in [3.05, 3.63) is 24.0 Å². The number of aliphatic hydroxyl groups is 1. The second-order valence-electron chi connectivity index (χ2n) is 4.37. The lowest BCUT2D eigenvalue weighted by atomic mass is 10.1. The lowest BCUT2D eigenvalue weighted by Gasteiger charge is -2.12. The molecule has 1 aromatic rings. The summed E-state index contributed by atoms with van der Waals surface area (Å²) in [4.78, 5) is 0. The maximum atomic E-state index is 9.12. The molecule has 3 heteroatoms. The van der Waals surface area contributed by atoms with Gasteiger partial charge in [-0.15, -0.1) is 0 Å². The van der Waals surface area contributed by atoms with Gasteiger partial charge in [0, 0.05) is 44.0 Å². The normalized spacial score (nSPS) is 18.4. The fraction of sp³-hybridized carbons (Fsp3) is 0.636. The van der Waals surface area contributed by atoms with E-state index in [9.17, 15) is 0 Å². The summed E-state index contributed by atoms with van der Waals surface area (Å²) in [5.74, 6) is 0. The van der Waals surface area contributed by atoms with Crippen molar-refractivity contribution in [2.45, 2.75) is 19.4 Å². The van der Waals surface area contributed by atoms with Gasteiger partial charge < -0.3 is 15.0 Å². The first kappa shape index (κ1) is 9.74. The van der Waals surface area contributed by atoms with E-state index in [0.29, 0.717) is 6.61 Å². The molecule has 2 rings (SSSR count). The minimum Gasteiger partial charge on any atom is -0.396 e. The molecule has 1 aliphatic carbocycles. The second kappa shape index (κ2) is 3.75. The first-order valence-electron chi connectivity index (χ1n) is 5.18. The zero-order valence-electron chi connectivity index (χ0n) is 8.66. The molecule has 0 aliphatic heterocycles. The molecule has 1 aliphatic rings. The topological polar surface area (TPSA) is 37.2 Å². The Bertz CT molecular complexity index is 302. The molecule has 0 amide bonds. The summed E-state index contributed by atoms with van der Waals surface area (Å²) < 4.78 is 2.12. The molecule has 1 heterocycles. The van der Waals surface area contributed by atoms with Crippen molar-refractivity contribution in [1.82, 2.24) is 9.88 Å². The molecule has 78 valence electrons. The monoisotopic (exact) mass is 194 g/mol. The lowest BCUT2D eigenvalue weighted by molar-refractivity contribution is 0.207. The van der Waals surface area contributed by atoms with Gasteiger partial charge >= 0.3 is 0 Å². The van der Waals surface area contributed by atoms with Crippen LogP contribution in [-0.4, -0.2) is 22.8 Å². The minimum atomic E-state index is 0.213. The fourth-order valence-electron chi connectivity index (χ4n) is 1.70. The Morgan fingerprint density at radius 3 is 2.86 bits per heavy atom. The summed E-state index contributed by atoms with van der Waals surface area (Å²) in [6.07, 6.45) is 4.39. The number of hydrogen-bond donors (Lipinski definition) is 2. The van der Waals surface area contributed by atoms with Crippen LogP contribution >= 0.6 is 0 Å².